The van der Waals surface area contributed by atoms with E-state index in [2.05, 4.69) is 23.4 Å². The van der Waals surface area contributed by atoms with Gasteiger partial charge in [0.25, 0.3) is 0 Å². The monoisotopic (exact) mass is 396 g/mol. The van der Waals surface area contributed by atoms with E-state index >= 15 is 0 Å². The number of ether oxygens (including phenoxy) is 1. The zero-order valence-electron chi connectivity index (χ0n) is 16.1. The minimum absolute atomic E-state index is 0.0466. The van der Waals surface area contributed by atoms with Crippen LogP contribution < -0.4 is 4.74 Å². The molecule has 0 aliphatic heterocycles. The summed E-state index contributed by atoms with van der Waals surface area (Å²) in [5.74, 6) is -0.316. The molecule has 1 nitrogen and oxygen atoms in total. The second-order valence-corrected chi connectivity index (χ2v) is 6.83. The van der Waals surface area contributed by atoms with Crippen LogP contribution in [0.1, 0.15) is 24.8 Å². The second-order valence-electron chi connectivity index (χ2n) is 6.83. The van der Waals surface area contributed by atoms with Crippen molar-refractivity contribution in [3.63, 3.8) is 0 Å². The van der Waals surface area contributed by atoms with Gasteiger partial charge in [-0.1, -0.05) is 54.6 Å². The van der Waals surface area contributed by atoms with E-state index in [1.165, 1.54) is 23.8 Å². The molecule has 150 valence electrons. The second kappa shape index (κ2) is 9.97. The fourth-order valence-electron chi connectivity index (χ4n) is 3.23. The lowest BCUT2D eigenvalue weighted by Crippen LogP contribution is -2.01. The molecule has 0 bridgehead atoms. The van der Waals surface area contributed by atoms with Crippen LogP contribution in [0.5, 0.6) is 5.75 Å². The van der Waals surface area contributed by atoms with Crippen LogP contribution in [0.3, 0.4) is 0 Å². The molecule has 0 radical (unpaired) electrons. The van der Waals surface area contributed by atoms with Gasteiger partial charge in [0, 0.05) is 5.56 Å². The van der Waals surface area contributed by atoms with Gasteiger partial charge in [-0.3, -0.25) is 0 Å². The summed E-state index contributed by atoms with van der Waals surface area (Å²) in [6.07, 6.45) is 6.24. The normalized spacial score (nSPS) is 10.9. The lowest BCUT2D eigenvalue weighted by atomic mass is 9.98. The van der Waals surface area contributed by atoms with E-state index in [-0.39, 0.29) is 11.6 Å². The van der Waals surface area contributed by atoms with Gasteiger partial charge in [-0.2, -0.15) is 8.78 Å². The molecule has 0 amide bonds. The molecule has 0 saturated heterocycles. The number of halogens is 3. The van der Waals surface area contributed by atoms with Gasteiger partial charge in [-0.15, -0.1) is 6.58 Å². The topological polar surface area (TPSA) is 9.23 Å². The predicted molar refractivity (Wildman–Crippen MR) is 112 cm³/mol. The Morgan fingerprint density at radius 3 is 2.10 bits per heavy atom. The molecule has 0 unspecified atom stereocenters. The van der Waals surface area contributed by atoms with Crippen molar-refractivity contribution in [2.75, 3.05) is 0 Å². The number of unbranched alkanes of at least 4 members (excludes halogenated alkanes) is 2. The van der Waals surface area contributed by atoms with Crippen molar-refractivity contribution in [1.29, 1.82) is 0 Å². The molecule has 4 heteroatoms. The highest BCUT2D eigenvalue weighted by Crippen LogP contribution is 2.29. The molecule has 0 heterocycles. The van der Waals surface area contributed by atoms with Gasteiger partial charge in [0.1, 0.15) is 11.6 Å². The summed E-state index contributed by atoms with van der Waals surface area (Å²) in [7, 11) is 0. The SMILES string of the molecule is C=CCCCCc1ccc(-c2ccc(-c3ccc(OC(F)F)cc3)c(F)c2)cc1. The third-order valence-electron chi connectivity index (χ3n) is 4.77. The summed E-state index contributed by atoms with van der Waals surface area (Å²) in [6.45, 7) is 0.854. The highest BCUT2D eigenvalue weighted by molar-refractivity contribution is 5.71. The molecule has 0 aliphatic carbocycles. The van der Waals surface area contributed by atoms with Gasteiger partial charge in [-0.25, -0.2) is 4.39 Å². The summed E-state index contributed by atoms with van der Waals surface area (Å²) in [6, 6.07) is 19.2. The van der Waals surface area contributed by atoms with E-state index in [0.29, 0.717) is 11.1 Å². The average Bonchev–Trinajstić information content (AvgIpc) is 2.72. The number of aryl methyl sites for hydroxylation is 1. The highest BCUT2D eigenvalue weighted by Gasteiger charge is 2.09. The molecule has 29 heavy (non-hydrogen) atoms. The molecule has 0 fully saturated rings. The summed E-state index contributed by atoms with van der Waals surface area (Å²) >= 11 is 0. The van der Waals surface area contributed by atoms with E-state index in [1.54, 1.807) is 18.2 Å². The minimum Gasteiger partial charge on any atom is -0.435 e. The lowest BCUT2D eigenvalue weighted by molar-refractivity contribution is -0.0498. The Kier molecular flexibility index (Phi) is 7.12. The molecule has 3 rings (SSSR count). The Hall–Kier alpha value is -3.01. The van der Waals surface area contributed by atoms with Gasteiger partial charge in [0.05, 0.1) is 0 Å². The first kappa shape index (κ1) is 20.7. The molecule has 0 N–H and O–H groups in total. The Morgan fingerprint density at radius 1 is 0.828 bits per heavy atom. The maximum atomic E-state index is 14.7. The van der Waals surface area contributed by atoms with Gasteiger partial charge in [0.2, 0.25) is 0 Å². The van der Waals surface area contributed by atoms with Crippen molar-refractivity contribution in [2.45, 2.75) is 32.3 Å². The zero-order valence-corrected chi connectivity index (χ0v) is 16.1. The summed E-state index contributed by atoms with van der Waals surface area (Å²) < 4.78 is 43.5. The summed E-state index contributed by atoms with van der Waals surface area (Å²) in [5, 5.41) is 0. The number of hydrogen-bond acceptors (Lipinski definition) is 1. The molecule has 3 aromatic carbocycles. The fraction of sp³-hybridized carbons (Fsp3) is 0.200. The fourth-order valence-corrected chi connectivity index (χ4v) is 3.23. The maximum Gasteiger partial charge on any atom is 0.387 e. The standard InChI is InChI=1S/C25H23F3O/c1-2-3-4-5-6-18-7-9-19(10-8-18)21-13-16-23(24(26)17-21)20-11-14-22(15-12-20)29-25(27)28/h2,7-17,25H,1,3-6H2. The number of alkyl halides is 2. The van der Waals surface area contributed by atoms with Crippen LogP contribution >= 0.6 is 0 Å². The van der Waals surface area contributed by atoms with E-state index in [0.717, 1.165) is 36.8 Å². The van der Waals surface area contributed by atoms with Crippen molar-refractivity contribution < 1.29 is 17.9 Å². The number of rotatable bonds is 9. The largest absolute Gasteiger partial charge is 0.435 e. The van der Waals surface area contributed by atoms with Gasteiger partial charge >= 0.3 is 6.61 Å². The van der Waals surface area contributed by atoms with Crippen LogP contribution in [-0.4, -0.2) is 6.61 Å². The van der Waals surface area contributed by atoms with Crippen molar-refractivity contribution in [2.24, 2.45) is 0 Å². The Balaban J connectivity index is 1.71. The van der Waals surface area contributed by atoms with Crippen LogP contribution in [0.2, 0.25) is 0 Å². The molecule has 0 aromatic heterocycles. The van der Waals surface area contributed by atoms with Gasteiger partial charge < -0.3 is 4.74 Å². The summed E-state index contributed by atoms with van der Waals surface area (Å²) in [4.78, 5) is 0. The van der Waals surface area contributed by atoms with Crippen molar-refractivity contribution in [1.82, 2.24) is 0 Å². The molecular formula is C25H23F3O. The smallest absolute Gasteiger partial charge is 0.387 e. The highest BCUT2D eigenvalue weighted by atomic mass is 19.3. The van der Waals surface area contributed by atoms with Gasteiger partial charge in [-0.05, 0) is 66.1 Å². The maximum absolute atomic E-state index is 14.7. The predicted octanol–water partition coefficient (Wildman–Crippen LogP) is 7.66. The molecule has 3 aromatic rings. The lowest BCUT2D eigenvalue weighted by Gasteiger charge is -2.09. The van der Waals surface area contributed by atoms with Crippen LogP contribution in [0, 0.1) is 5.82 Å². The van der Waals surface area contributed by atoms with Gasteiger partial charge in [0.15, 0.2) is 0 Å². The zero-order chi connectivity index (χ0) is 20.6. The third-order valence-corrected chi connectivity index (χ3v) is 4.77. The Bertz CT molecular complexity index is 931. The first-order chi connectivity index (χ1) is 14.1. The molecule has 0 spiro atoms. The number of allylic oxidation sites excluding steroid dienone is 1. The Morgan fingerprint density at radius 2 is 1.48 bits per heavy atom. The van der Waals surface area contributed by atoms with Crippen LogP contribution in [0.4, 0.5) is 13.2 Å². The number of hydrogen-bond donors (Lipinski definition) is 0. The van der Waals surface area contributed by atoms with E-state index < -0.39 is 6.61 Å². The molecule has 0 aliphatic rings. The van der Waals surface area contributed by atoms with Crippen LogP contribution in [0.25, 0.3) is 22.3 Å². The van der Waals surface area contributed by atoms with E-state index in [9.17, 15) is 13.2 Å². The quantitative estimate of drug-likeness (QED) is 0.266. The number of benzene rings is 3. The van der Waals surface area contributed by atoms with E-state index in [4.69, 9.17) is 0 Å². The van der Waals surface area contributed by atoms with Crippen LogP contribution in [-0.2, 0) is 6.42 Å². The van der Waals surface area contributed by atoms with Crippen LogP contribution in [0.15, 0.2) is 79.4 Å². The first-order valence-electron chi connectivity index (χ1n) is 9.62. The molecule has 0 saturated carbocycles. The average molecular weight is 396 g/mol. The van der Waals surface area contributed by atoms with E-state index in [1.807, 2.05) is 24.3 Å². The third kappa shape index (κ3) is 5.74. The minimum atomic E-state index is -2.88. The van der Waals surface area contributed by atoms with Crippen molar-refractivity contribution in [3.05, 3.63) is 90.8 Å². The summed E-state index contributed by atoms with van der Waals surface area (Å²) in [5.41, 5.74) is 4.02. The van der Waals surface area contributed by atoms with Crippen molar-refractivity contribution >= 4 is 0 Å². The first-order valence-corrected chi connectivity index (χ1v) is 9.62. The molecular weight excluding hydrogens is 373 g/mol. The Labute approximate surface area is 169 Å². The van der Waals surface area contributed by atoms with Crippen molar-refractivity contribution in [3.8, 4) is 28.0 Å². The molecule has 0 atom stereocenters.